The van der Waals surface area contributed by atoms with Crippen LogP contribution in [0.5, 0.6) is 0 Å². The van der Waals surface area contributed by atoms with Gasteiger partial charge in [-0.3, -0.25) is 4.79 Å². The Hall–Kier alpha value is -0.950. The third-order valence-electron chi connectivity index (χ3n) is 13.6. The van der Waals surface area contributed by atoms with Crippen LogP contribution in [0.2, 0.25) is 0 Å². The summed E-state index contributed by atoms with van der Waals surface area (Å²) in [4.78, 5) is 12.8. The van der Waals surface area contributed by atoms with Gasteiger partial charge in [0.1, 0.15) is 0 Å². The first-order chi connectivity index (χ1) is 16.6. The van der Waals surface area contributed by atoms with Crippen molar-refractivity contribution in [2.45, 2.75) is 111 Å². The summed E-state index contributed by atoms with van der Waals surface area (Å²) in [7, 11) is 0. The summed E-state index contributed by atoms with van der Waals surface area (Å²) in [5.74, 6) is -0.834. The molecule has 4 saturated carbocycles. The number of fused-ring (bicyclic) bond motifs is 7. The molecule has 204 valence electrons. The molecule has 0 aromatic carbocycles. The lowest BCUT2D eigenvalue weighted by atomic mass is 9.33. The van der Waals surface area contributed by atoms with Crippen LogP contribution < -0.4 is 0 Å². The van der Waals surface area contributed by atoms with Crippen molar-refractivity contribution in [1.29, 1.82) is 0 Å². The van der Waals surface area contributed by atoms with Gasteiger partial charge in [-0.2, -0.15) is 0 Å². The van der Waals surface area contributed by atoms with Gasteiger partial charge in [-0.15, -0.1) is 0 Å². The lowest BCUT2D eigenvalue weighted by molar-refractivity contribution is -0.247. The Labute approximate surface area is 216 Å². The van der Waals surface area contributed by atoms with Crippen molar-refractivity contribution in [3.63, 3.8) is 0 Å². The van der Waals surface area contributed by atoms with Gasteiger partial charge < -0.3 is 25.5 Å². The average Bonchev–Trinajstić information content (AvgIpc) is 2.80. The molecule has 0 saturated heterocycles. The topological polar surface area (TPSA) is 118 Å². The minimum atomic E-state index is -1.09. The van der Waals surface area contributed by atoms with Gasteiger partial charge in [-0.05, 0) is 92.3 Å². The number of carboxylic acid groups (broad SMARTS) is 1. The number of carboxylic acids is 1. The summed E-state index contributed by atoms with van der Waals surface area (Å²) in [6.07, 6.45) is 6.20. The molecular formula is C30H48O6. The lowest BCUT2D eigenvalue weighted by Gasteiger charge is -2.72. The van der Waals surface area contributed by atoms with Gasteiger partial charge in [0.05, 0.1) is 29.8 Å². The second-order valence-corrected chi connectivity index (χ2v) is 14.7. The van der Waals surface area contributed by atoms with E-state index < -0.39 is 40.5 Å². The molecule has 12 atom stereocenters. The fraction of sp³-hybridized carbons (Fsp3) is 0.900. The van der Waals surface area contributed by atoms with Gasteiger partial charge in [0, 0.05) is 11.3 Å². The first kappa shape index (κ1) is 26.6. The van der Waals surface area contributed by atoms with Gasteiger partial charge in [0.25, 0.3) is 0 Å². The first-order valence-electron chi connectivity index (χ1n) is 14.2. The summed E-state index contributed by atoms with van der Waals surface area (Å²) in [5.41, 5.74) is -2.28. The molecule has 0 aromatic rings. The zero-order chi connectivity index (χ0) is 26.7. The van der Waals surface area contributed by atoms with Crippen molar-refractivity contribution in [2.75, 3.05) is 6.61 Å². The van der Waals surface area contributed by atoms with Crippen molar-refractivity contribution in [2.24, 2.45) is 50.7 Å². The second-order valence-electron chi connectivity index (χ2n) is 14.7. The number of hydrogen-bond donors (Lipinski definition) is 5. The van der Waals surface area contributed by atoms with Crippen LogP contribution in [0.1, 0.15) is 92.9 Å². The van der Waals surface area contributed by atoms with Crippen molar-refractivity contribution < 1.29 is 30.3 Å². The molecule has 6 heteroatoms. The Bertz CT molecular complexity index is 974. The normalized spacial score (nSPS) is 58.6. The highest BCUT2D eigenvalue weighted by Crippen LogP contribution is 2.76. The lowest BCUT2D eigenvalue weighted by Crippen LogP contribution is -2.69. The maximum Gasteiger partial charge on any atom is 0.310 e. The number of aliphatic hydroxyl groups excluding tert-OH is 3. The Kier molecular flexibility index (Phi) is 5.77. The van der Waals surface area contributed by atoms with E-state index in [9.17, 15) is 30.3 Å². The standard InChI is InChI=1S/C30H48O6/c1-17-9-12-30(24(34)35)14-13-27(4)18(22(30)29(17,6)36)7-8-21-25(2)15-19(32)23(33)26(3,16-31)20(25)10-11-28(21,27)5/h7,17,19-23,31-33,36H,8-16H2,1-6H3,(H,34,35)/t17-,19-,20+,21-,22+,23-,25-,26-,27+,28-,29-,30-/m0/s1. The highest BCUT2D eigenvalue weighted by Gasteiger charge is 2.72. The molecule has 5 aliphatic rings. The van der Waals surface area contributed by atoms with Crippen molar-refractivity contribution in [1.82, 2.24) is 0 Å². The van der Waals surface area contributed by atoms with E-state index in [0.717, 1.165) is 37.7 Å². The summed E-state index contributed by atoms with van der Waals surface area (Å²) >= 11 is 0. The Balaban J connectivity index is 1.65. The van der Waals surface area contributed by atoms with Gasteiger partial charge in [0.15, 0.2) is 0 Å². The van der Waals surface area contributed by atoms with Crippen LogP contribution in [-0.4, -0.2) is 55.9 Å². The molecule has 0 aromatic heterocycles. The molecule has 0 bridgehead atoms. The molecule has 0 aliphatic heterocycles. The van der Waals surface area contributed by atoms with E-state index in [0.29, 0.717) is 19.3 Å². The smallest absolute Gasteiger partial charge is 0.310 e. The predicted molar refractivity (Wildman–Crippen MR) is 137 cm³/mol. The number of allylic oxidation sites excluding steroid dienone is 1. The van der Waals surface area contributed by atoms with E-state index in [-0.39, 0.29) is 40.6 Å². The predicted octanol–water partition coefficient (Wildman–Crippen LogP) is 4.15. The van der Waals surface area contributed by atoms with E-state index in [1.165, 1.54) is 0 Å². The highest BCUT2D eigenvalue weighted by molar-refractivity contribution is 5.77. The van der Waals surface area contributed by atoms with E-state index in [4.69, 9.17) is 0 Å². The summed E-state index contributed by atoms with van der Waals surface area (Å²) < 4.78 is 0. The zero-order valence-corrected chi connectivity index (χ0v) is 23.0. The van der Waals surface area contributed by atoms with Gasteiger partial charge in [0.2, 0.25) is 0 Å². The third kappa shape index (κ3) is 2.91. The summed E-state index contributed by atoms with van der Waals surface area (Å²) in [5, 5.41) is 54.8. The van der Waals surface area contributed by atoms with Crippen LogP contribution in [-0.2, 0) is 4.79 Å². The fourth-order valence-electron chi connectivity index (χ4n) is 11.0. The molecule has 0 spiro atoms. The Morgan fingerprint density at radius 3 is 2.28 bits per heavy atom. The largest absolute Gasteiger partial charge is 0.481 e. The summed E-state index contributed by atoms with van der Waals surface area (Å²) in [6.45, 7) is 12.6. The molecule has 0 unspecified atom stereocenters. The van der Waals surface area contributed by atoms with Gasteiger partial charge in [-0.25, -0.2) is 0 Å². The Morgan fingerprint density at radius 1 is 1.00 bits per heavy atom. The quantitative estimate of drug-likeness (QED) is 0.361. The van der Waals surface area contributed by atoms with Crippen molar-refractivity contribution >= 4 is 5.97 Å². The molecule has 5 aliphatic carbocycles. The number of hydrogen-bond acceptors (Lipinski definition) is 5. The Morgan fingerprint density at radius 2 is 1.67 bits per heavy atom. The van der Waals surface area contributed by atoms with Gasteiger partial charge >= 0.3 is 5.97 Å². The molecule has 4 fully saturated rings. The maximum absolute atomic E-state index is 12.8. The highest BCUT2D eigenvalue weighted by atomic mass is 16.4. The van der Waals surface area contributed by atoms with E-state index in [1.807, 2.05) is 13.8 Å². The first-order valence-corrected chi connectivity index (χ1v) is 14.2. The molecule has 36 heavy (non-hydrogen) atoms. The third-order valence-corrected chi connectivity index (χ3v) is 13.6. The van der Waals surface area contributed by atoms with Crippen molar-refractivity contribution in [3.8, 4) is 0 Å². The van der Waals surface area contributed by atoms with E-state index in [1.54, 1.807) is 0 Å². The van der Waals surface area contributed by atoms with Gasteiger partial charge in [-0.1, -0.05) is 46.3 Å². The molecule has 0 heterocycles. The van der Waals surface area contributed by atoms with Crippen LogP contribution in [0.15, 0.2) is 11.6 Å². The number of aliphatic hydroxyl groups is 4. The van der Waals surface area contributed by atoms with Crippen LogP contribution in [0.3, 0.4) is 0 Å². The maximum atomic E-state index is 12.8. The minimum Gasteiger partial charge on any atom is -0.481 e. The average molecular weight is 505 g/mol. The van der Waals surface area contributed by atoms with Crippen molar-refractivity contribution in [3.05, 3.63) is 11.6 Å². The van der Waals surface area contributed by atoms with Crippen LogP contribution in [0.4, 0.5) is 0 Å². The van der Waals surface area contributed by atoms with E-state index >= 15 is 0 Å². The molecule has 5 rings (SSSR count). The fourth-order valence-corrected chi connectivity index (χ4v) is 11.0. The zero-order valence-electron chi connectivity index (χ0n) is 23.0. The molecule has 0 amide bonds. The molecule has 0 radical (unpaired) electrons. The van der Waals surface area contributed by atoms with E-state index in [2.05, 4.69) is 33.8 Å². The van der Waals surface area contributed by atoms with Crippen LogP contribution in [0, 0.1) is 50.7 Å². The number of rotatable bonds is 2. The minimum absolute atomic E-state index is 0.0252. The molecular weight excluding hydrogens is 456 g/mol. The monoisotopic (exact) mass is 504 g/mol. The molecule has 5 N–H and O–H groups in total. The molecule has 6 nitrogen and oxygen atoms in total. The number of aliphatic carboxylic acids is 1. The second kappa shape index (κ2) is 7.80. The number of carbonyl (C=O) groups is 1. The SMILES string of the molecule is C[C@H]1CC[C@]2(C(=O)O)CC[C@]3(C)C(=CC[C@H]4[C@@]5(C)C[C@H](O)[C@H](O)[C@@](C)(CO)[C@@H]5CC[C@@]43C)[C@@H]2[C@@]1(C)O. The summed E-state index contributed by atoms with van der Waals surface area (Å²) in [6, 6.07) is 0. The van der Waals surface area contributed by atoms with Crippen LogP contribution >= 0.6 is 0 Å². The van der Waals surface area contributed by atoms with Crippen LogP contribution in [0.25, 0.3) is 0 Å².